The topological polar surface area (TPSA) is 15.3 Å². The van der Waals surface area contributed by atoms with Crippen molar-refractivity contribution in [3.05, 3.63) is 52.2 Å². The number of benzene rings is 1. The molecule has 0 saturated carbocycles. The molecule has 1 aliphatic rings. The molecule has 100 valence electrons. The minimum Gasteiger partial charge on any atom is -0.370 e. The van der Waals surface area contributed by atoms with Crippen LogP contribution in [0, 0.1) is 0 Å². The molecule has 3 rings (SSSR count). The van der Waals surface area contributed by atoms with Gasteiger partial charge in [0.25, 0.3) is 0 Å². The van der Waals surface area contributed by atoms with Gasteiger partial charge in [-0.1, -0.05) is 18.2 Å². The number of fused-ring (bicyclic) bond motifs is 1. The van der Waals surface area contributed by atoms with E-state index in [1.807, 2.05) is 0 Å². The molecule has 0 spiro atoms. The number of nitrogens with zero attached hydrogens (tertiary/aromatic N) is 1. The second-order valence-electron chi connectivity index (χ2n) is 5.00. The summed E-state index contributed by atoms with van der Waals surface area (Å²) >= 11 is 1.78. The number of hydrogen-bond donors (Lipinski definition) is 1. The van der Waals surface area contributed by atoms with E-state index in [0.717, 1.165) is 26.1 Å². The van der Waals surface area contributed by atoms with Gasteiger partial charge >= 0.3 is 0 Å². The fraction of sp³-hybridized carbons (Fsp3) is 0.375. The van der Waals surface area contributed by atoms with E-state index in [0.29, 0.717) is 0 Å². The lowest BCUT2D eigenvalue weighted by atomic mass is 10.2. The van der Waals surface area contributed by atoms with Gasteiger partial charge in [0.2, 0.25) is 0 Å². The zero-order valence-electron chi connectivity index (χ0n) is 11.1. The number of thiophene rings is 1. The molecule has 2 aromatic rings. The number of anilines is 1. The first-order valence-corrected chi connectivity index (χ1v) is 7.92. The second kappa shape index (κ2) is 6.22. The summed E-state index contributed by atoms with van der Waals surface area (Å²) in [6, 6.07) is 11.0. The molecular weight excluding hydrogens is 252 g/mol. The number of nitrogens with one attached hydrogen (secondary N) is 1. The van der Waals surface area contributed by atoms with Crippen LogP contribution in [0.4, 0.5) is 5.69 Å². The van der Waals surface area contributed by atoms with Crippen molar-refractivity contribution in [1.82, 2.24) is 5.32 Å². The summed E-state index contributed by atoms with van der Waals surface area (Å²) in [5, 5.41) is 7.93. The average Bonchev–Trinajstić information content (AvgIpc) is 3.08. The standard InChI is InChI=1S/C16H20N2S/c1-2-4-16-15(3-1)6-10-18(16)11-9-17-8-5-14-7-12-19-13-14/h1-4,7,12-13,17H,5-6,8-11H2. The maximum Gasteiger partial charge on any atom is 0.0399 e. The van der Waals surface area contributed by atoms with Crippen LogP contribution in [0.3, 0.4) is 0 Å². The first-order valence-electron chi connectivity index (χ1n) is 6.98. The highest BCUT2D eigenvalue weighted by Gasteiger charge is 2.16. The lowest BCUT2D eigenvalue weighted by Gasteiger charge is -2.19. The highest BCUT2D eigenvalue weighted by atomic mass is 32.1. The van der Waals surface area contributed by atoms with Crippen molar-refractivity contribution < 1.29 is 0 Å². The van der Waals surface area contributed by atoms with Crippen molar-refractivity contribution >= 4 is 17.0 Å². The third-order valence-electron chi connectivity index (χ3n) is 3.71. The highest BCUT2D eigenvalue weighted by molar-refractivity contribution is 7.07. The molecule has 0 aliphatic carbocycles. The maximum atomic E-state index is 3.54. The van der Waals surface area contributed by atoms with E-state index in [1.54, 1.807) is 11.3 Å². The minimum absolute atomic E-state index is 1.07. The van der Waals surface area contributed by atoms with Gasteiger partial charge in [-0.15, -0.1) is 0 Å². The molecule has 1 N–H and O–H groups in total. The van der Waals surface area contributed by atoms with E-state index >= 15 is 0 Å². The molecule has 0 saturated heterocycles. The molecule has 0 bridgehead atoms. The molecule has 19 heavy (non-hydrogen) atoms. The third kappa shape index (κ3) is 3.17. The Balaban J connectivity index is 1.39. The van der Waals surface area contributed by atoms with Gasteiger partial charge < -0.3 is 10.2 Å². The lowest BCUT2D eigenvalue weighted by Crippen LogP contribution is -2.31. The van der Waals surface area contributed by atoms with Crippen LogP contribution in [0.15, 0.2) is 41.1 Å². The SMILES string of the molecule is c1ccc2c(c1)CCN2CCNCCc1ccsc1. The van der Waals surface area contributed by atoms with Gasteiger partial charge in [-0.2, -0.15) is 11.3 Å². The summed E-state index contributed by atoms with van der Waals surface area (Å²) in [5.74, 6) is 0. The molecule has 0 unspecified atom stereocenters. The molecule has 0 fully saturated rings. The summed E-state index contributed by atoms with van der Waals surface area (Å²) in [6.45, 7) is 4.43. The van der Waals surface area contributed by atoms with Crippen LogP contribution in [0.2, 0.25) is 0 Å². The zero-order chi connectivity index (χ0) is 12.9. The van der Waals surface area contributed by atoms with E-state index in [2.05, 4.69) is 51.3 Å². The van der Waals surface area contributed by atoms with Crippen LogP contribution >= 0.6 is 11.3 Å². The number of para-hydroxylation sites is 1. The Labute approximate surface area is 119 Å². The Hall–Kier alpha value is -1.32. The fourth-order valence-corrected chi connectivity index (χ4v) is 3.35. The Morgan fingerprint density at radius 3 is 3.00 bits per heavy atom. The van der Waals surface area contributed by atoms with Crippen molar-refractivity contribution in [1.29, 1.82) is 0 Å². The van der Waals surface area contributed by atoms with Crippen LogP contribution in [-0.4, -0.2) is 26.2 Å². The first-order chi connectivity index (χ1) is 9.43. The first kappa shape index (κ1) is 12.7. The van der Waals surface area contributed by atoms with Crippen molar-refractivity contribution in [3.8, 4) is 0 Å². The molecule has 3 heteroatoms. The van der Waals surface area contributed by atoms with Gasteiger partial charge in [0.15, 0.2) is 0 Å². The molecule has 0 radical (unpaired) electrons. The Morgan fingerprint density at radius 2 is 2.11 bits per heavy atom. The largest absolute Gasteiger partial charge is 0.370 e. The summed E-state index contributed by atoms with van der Waals surface area (Å²) < 4.78 is 0. The molecule has 1 aromatic heterocycles. The van der Waals surface area contributed by atoms with Gasteiger partial charge in [-0.25, -0.2) is 0 Å². The van der Waals surface area contributed by atoms with Crippen LogP contribution in [0.25, 0.3) is 0 Å². The molecule has 2 heterocycles. The van der Waals surface area contributed by atoms with Crippen LogP contribution in [0.5, 0.6) is 0 Å². The monoisotopic (exact) mass is 272 g/mol. The van der Waals surface area contributed by atoms with E-state index in [9.17, 15) is 0 Å². The van der Waals surface area contributed by atoms with E-state index in [1.165, 1.54) is 29.8 Å². The molecule has 1 aliphatic heterocycles. The predicted octanol–water partition coefficient (Wildman–Crippen LogP) is 2.94. The normalized spacial score (nSPS) is 13.8. The van der Waals surface area contributed by atoms with Crippen molar-refractivity contribution in [2.24, 2.45) is 0 Å². The predicted molar refractivity (Wildman–Crippen MR) is 83.3 cm³/mol. The van der Waals surface area contributed by atoms with Crippen molar-refractivity contribution in [2.45, 2.75) is 12.8 Å². The van der Waals surface area contributed by atoms with Gasteiger partial charge in [0, 0.05) is 25.3 Å². The van der Waals surface area contributed by atoms with Gasteiger partial charge in [-0.3, -0.25) is 0 Å². The van der Waals surface area contributed by atoms with Gasteiger partial charge in [-0.05, 0) is 53.4 Å². The minimum atomic E-state index is 1.07. The summed E-state index contributed by atoms with van der Waals surface area (Å²) in [5.41, 5.74) is 4.38. The zero-order valence-corrected chi connectivity index (χ0v) is 12.0. The van der Waals surface area contributed by atoms with Gasteiger partial charge in [0.1, 0.15) is 0 Å². The Morgan fingerprint density at radius 1 is 1.16 bits per heavy atom. The van der Waals surface area contributed by atoms with E-state index in [4.69, 9.17) is 0 Å². The van der Waals surface area contributed by atoms with Crippen LogP contribution in [0.1, 0.15) is 11.1 Å². The van der Waals surface area contributed by atoms with Gasteiger partial charge in [0.05, 0.1) is 0 Å². The van der Waals surface area contributed by atoms with Crippen LogP contribution < -0.4 is 10.2 Å². The Kier molecular flexibility index (Phi) is 4.16. The maximum absolute atomic E-state index is 3.54. The molecular formula is C16H20N2S. The number of rotatable bonds is 6. The van der Waals surface area contributed by atoms with Crippen molar-refractivity contribution in [2.75, 3.05) is 31.1 Å². The van der Waals surface area contributed by atoms with Crippen LogP contribution in [-0.2, 0) is 12.8 Å². The molecule has 0 amide bonds. The summed E-state index contributed by atoms with van der Waals surface area (Å²) in [4.78, 5) is 2.49. The highest BCUT2D eigenvalue weighted by Crippen LogP contribution is 2.26. The summed E-state index contributed by atoms with van der Waals surface area (Å²) in [6.07, 6.45) is 2.34. The van der Waals surface area contributed by atoms with Crippen molar-refractivity contribution in [3.63, 3.8) is 0 Å². The Bertz CT molecular complexity index is 507. The molecule has 2 nitrogen and oxygen atoms in total. The molecule has 1 aromatic carbocycles. The van der Waals surface area contributed by atoms with E-state index in [-0.39, 0.29) is 0 Å². The third-order valence-corrected chi connectivity index (χ3v) is 4.44. The second-order valence-corrected chi connectivity index (χ2v) is 5.78. The van der Waals surface area contributed by atoms with E-state index < -0.39 is 0 Å². The quantitative estimate of drug-likeness (QED) is 0.813. The number of hydrogen-bond acceptors (Lipinski definition) is 3. The summed E-state index contributed by atoms with van der Waals surface area (Å²) in [7, 11) is 0. The smallest absolute Gasteiger partial charge is 0.0399 e. The lowest BCUT2D eigenvalue weighted by molar-refractivity contribution is 0.665. The fourth-order valence-electron chi connectivity index (χ4n) is 2.65. The average molecular weight is 272 g/mol. The molecule has 0 atom stereocenters.